The second-order valence-corrected chi connectivity index (χ2v) is 8.27. The van der Waals surface area contributed by atoms with E-state index in [1.807, 2.05) is 26.0 Å². The van der Waals surface area contributed by atoms with Crippen molar-refractivity contribution in [2.45, 2.75) is 26.7 Å². The van der Waals surface area contributed by atoms with E-state index >= 15 is 0 Å². The summed E-state index contributed by atoms with van der Waals surface area (Å²) in [5.41, 5.74) is 2.41. The van der Waals surface area contributed by atoms with E-state index in [0.717, 1.165) is 18.4 Å². The molecular weight excluding hydrogens is 412 g/mol. The average molecular weight is 433 g/mol. The Balaban J connectivity index is 1.83. The molecule has 0 fully saturated rings. The number of rotatable bonds is 4. The van der Waals surface area contributed by atoms with Crippen LogP contribution in [0.1, 0.15) is 52.1 Å². The highest BCUT2D eigenvalue weighted by Crippen LogP contribution is 2.45. The van der Waals surface area contributed by atoms with Gasteiger partial charge in [-0.25, -0.2) is 0 Å². The Bertz CT molecular complexity index is 1310. The number of allylic oxidation sites excluding steroid dienone is 4. The summed E-state index contributed by atoms with van der Waals surface area (Å²) in [5.74, 6) is -1.61. The highest BCUT2D eigenvalue weighted by molar-refractivity contribution is 6.57. The number of halogens is 1. The number of carbonyl (C=O) groups is 2. The summed E-state index contributed by atoms with van der Waals surface area (Å²) < 4.78 is 0. The molecule has 0 unspecified atom stereocenters. The van der Waals surface area contributed by atoms with Crippen LogP contribution in [0.4, 0.5) is 0 Å². The Morgan fingerprint density at radius 2 is 1.65 bits per heavy atom. The van der Waals surface area contributed by atoms with Gasteiger partial charge in [-0.05, 0) is 43.7 Å². The van der Waals surface area contributed by atoms with Crippen molar-refractivity contribution in [3.8, 4) is 11.5 Å². The first-order chi connectivity index (χ1) is 14.8. The predicted molar refractivity (Wildman–Crippen MR) is 123 cm³/mol. The predicted octanol–water partition coefficient (Wildman–Crippen LogP) is 6.18. The van der Waals surface area contributed by atoms with Crippen LogP contribution in [0.25, 0.3) is 16.3 Å². The van der Waals surface area contributed by atoms with Crippen LogP contribution in [0.15, 0.2) is 65.2 Å². The van der Waals surface area contributed by atoms with Gasteiger partial charge in [0.1, 0.15) is 16.5 Å². The second kappa shape index (κ2) is 8.05. The van der Waals surface area contributed by atoms with Crippen molar-refractivity contribution < 1.29 is 19.8 Å². The van der Waals surface area contributed by atoms with E-state index in [1.165, 1.54) is 23.8 Å². The number of phenolic OH excluding ortho intramolecular Hbond substituents is 2. The van der Waals surface area contributed by atoms with Gasteiger partial charge in [0.05, 0.1) is 11.1 Å². The van der Waals surface area contributed by atoms with E-state index < -0.39 is 11.6 Å². The summed E-state index contributed by atoms with van der Waals surface area (Å²) in [5, 5.41) is 22.5. The summed E-state index contributed by atoms with van der Waals surface area (Å²) >= 11 is 6.27. The number of aryl methyl sites for hydroxylation is 1. The Morgan fingerprint density at radius 3 is 2.32 bits per heavy atom. The Kier molecular flexibility index (Phi) is 5.42. The maximum absolute atomic E-state index is 13.1. The normalized spacial score (nSPS) is 13.5. The molecule has 0 aliphatic heterocycles. The molecule has 1 aliphatic carbocycles. The molecule has 0 heterocycles. The fourth-order valence-corrected chi connectivity index (χ4v) is 4.20. The van der Waals surface area contributed by atoms with Crippen molar-refractivity contribution in [2.24, 2.45) is 0 Å². The molecule has 31 heavy (non-hydrogen) atoms. The lowest BCUT2D eigenvalue weighted by Crippen LogP contribution is -2.19. The molecule has 4 nitrogen and oxygen atoms in total. The van der Waals surface area contributed by atoms with E-state index in [-0.39, 0.29) is 38.8 Å². The highest BCUT2D eigenvalue weighted by atomic mass is 35.5. The molecule has 5 heteroatoms. The van der Waals surface area contributed by atoms with Gasteiger partial charge < -0.3 is 10.2 Å². The summed E-state index contributed by atoms with van der Waals surface area (Å²) in [6, 6.07) is 13.4. The van der Waals surface area contributed by atoms with Gasteiger partial charge in [0, 0.05) is 16.5 Å². The molecule has 0 spiro atoms. The molecule has 0 aromatic heterocycles. The molecule has 0 saturated carbocycles. The van der Waals surface area contributed by atoms with Crippen LogP contribution in [-0.4, -0.2) is 21.8 Å². The number of aromatic hydroxyl groups is 2. The SMILES string of the molecule is CC(C)=CCCc1ccc2c(O)c(C3=C(Cl)C(=O)c4ccccc4C3=O)c(O)cc2c1. The smallest absolute Gasteiger partial charge is 0.205 e. The summed E-state index contributed by atoms with van der Waals surface area (Å²) in [6.45, 7) is 4.10. The number of hydrogen-bond acceptors (Lipinski definition) is 4. The van der Waals surface area contributed by atoms with E-state index in [1.54, 1.807) is 18.2 Å². The van der Waals surface area contributed by atoms with Crippen LogP contribution < -0.4 is 0 Å². The molecule has 1 aliphatic rings. The Hall–Kier alpha value is -3.37. The largest absolute Gasteiger partial charge is 0.507 e. The van der Waals surface area contributed by atoms with Gasteiger partial charge in [-0.2, -0.15) is 0 Å². The van der Waals surface area contributed by atoms with E-state index in [4.69, 9.17) is 11.6 Å². The minimum atomic E-state index is -0.514. The van der Waals surface area contributed by atoms with Crippen molar-refractivity contribution in [3.63, 3.8) is 0 Å². The minimum Gasteiger partial charge on any atom is -0.507 e. The lowest BCUT2D eigenvalue weighted by molar-refractivity contribution is 0.0997. The van der Waals surface area contributed by atoms with Gasteiger partial charge >= 0.3 is 0 Å². The van der Waals surface area contributed by atoms with Crippen LogP contribution >= 0.6 is 11.6 Å². The van der Waals surface area contributed by atoms with Crippen molar-refractivity contribution >= 4 is 39.5 Å². The Morgan fingerprint density at radius 1 is 0.968 bits per heavy atom. The fourth-order valence-electron chi connectivity index (χ4n) is 3.92. The standard InChI is InChI=1S/C26H21ClO4/c1-14(2)6-5-7-15-10-11-17-16(12-15)13-20(28)21(24(17)29)22-23(27)26(31)19-9-4-3-8-18(19)25(22)30/h3-4,6,8-13,28-29H,5,7H2,1-2H3. The molecule has 0 amide bonds. The zero-order valence-corrected chi connectivity index (χ0v) is 18.0. The zero-order chi connectivity index (χ0) is 22.3. The summed E-state index contributed by atoms with van der Waals surface area (Å²) in [4.78, 5) is 25.8. The van der Waals surface area contributed by atoms with Gasteiger partial charge in [0.25, 0.3) is 0 Å². The molecule has 4 rings (SSSR count). The summed E-state index contributed by atoms with van der Waals surface area (Å²) in [7, 11) is 0. The number of ketones is 2. The molecule has 3 aromatic carbocycles. The zero-order valence-electron chi connectivity index (χ0n) is 17.2. The van der Waals surface area contributed by atoms with Gasteiger partial charge in [-0.15, -0.1) is 0 Å². The van der Waals surface area contributed by atoms with Crippen LogP contribution in [0, 0.1) is 0 Å². The number of benzene rings is 3. The van der Waals surface area contributed by atoms with Crippen molar-refractivity contribution in [1.82, 2.24) is 0 Å². The highest BCUT2D eigenvalue weighted by Gasteiger charge is 2.35. The van der Waals surface area contributed by atoms with Gasteiger partial charge in [0.2, 0.25) is 5.78 Å². The third kappa shape index (κ3) is 3.64. The molecule has 0 saturated heterocycles. The number of phenols is 2. The quantitative estimate of drug-likeness (QED) is 0.483. The molecule has 2 N–H and O–H groups in total. The molecular formula is C26H21ClO4. The first kappa shape index (κ1) is 20.9. The topological polar surface area (TPSA) is 74.6 Å². The van der Waals surface area contributed by atoms with E-state index in [0.29, 0.717) is 10.8 Å². The molecule has 0 atom stereocenters. The van der Waals surface area contributed by atoms with E-state index in [9.17, 15) is 19.8 Å². The van der Waals surface area contributed by atoms with Crippen LogP contribution in [0.2, 0.25) is 0 Å². The Labute approximate surface area is 185 Å². The van der Waals surface area contributed by atoms with Crippen LogP contribution in [0.5, 0.6) is 11.5 Å². The van der Waals surface area contributed by atoms with Crippen LogP contribution in [0.3, 0.4) is 0 Å². The maximum atomic E-state index is 13.1. The van der Waals surface area contributed by atoms with Gasteiger partial charge in [0.15, 0.2) is 5.78 Å². The maximum Gasteiger partial charge on any atom is 0.205 e. The third-order valence-electron chi connectivity index (χ3n) is 5.45. The van der Waals surface area contributed by atoms with Crippen molar-refractivity contribution in [1.29, 1.82) is 0 Å². The number of fused-ring (bicyclic) bond motifs is 2. The number of hydrogen-bond donors (Lipinski definition) is 2. The van der Waals surface area contributed by atoms with Crippen LogP contribution in [-0.2, 0) is 6.42 Å². The molecule has 0 bridgehead atoms. The minimum absolute atomic E-state index is 0.123. The second-order valence-electron chi connectivity index (χ2n) is 7.89. The molecule has 3 aromatic rings. The average Bonchev–Trinajstić information content (AvgIpc) is 2.74. The van der Waals surface area contributed by atoms with Crippen molar-refractivity contribution in [3.05, 3.63) is 87.5 Å². The number of Topliss-reactive ketones (excluding diaryl/α,β-unsaturated/α-hetero) is 2. The molecule has 156 valence electrons. The fraction of sp³-hybridized carbons (Fsp3) is 0.154. The van der Waals surface area contributed by atoms with Crippen molar-refractivity contribution in [2.75, 3.05) is 0 Å². The molecule has 0 radical (unpaired) electrons. The monoisotopic (exact) mass is 432 g/mol. The third-order valence-corrected chi connectivity index (χ3v) is 5.81. The first-order valence-electron chi connectivity index (χ1n) is 9.99. The summed E-state index contributed by atoms with van der Waals surface area (Å²) in [6.07, 6.45) is 3.87. The number of carbonyl (C=O) groups excluding carboxylic acids is 2. The first-order valence-corrected chi connectivity index (χ1v) is 10.4. The van der Waals surface area contributed by atoms with Gasteiger partial charge in [-0.1, -0.05) is 65.7 Å². The van der Waals surface area contributed by atoms with E-state index in [2.05, 4.69) is 6.08 Å². The lowest BCUT2D eigenvalue weighted by Gasteiger charge is -2.20. The lowest BCUT2D eigenvalue weighted by atomic mass is 9.84. The van der Waals surface area contributed by atoms with Gasteiger partial charge in [-0.3, -0.25) is 9.59 Å².